The van der Waals surface area contributed by atoms with Crippen LogP contribution in [0.2, 0.25) is 0 Å². The van der Waals surface area contributed by atoms with E-state index in [1.165, 1.54) is 16.3 Å². The van der Waals surface area contributed by atoms with Crippen LogP contribution in [0.5, 0.6) is 0 Å². The average Bonchev–Trinajstić information content (AvgIpc) is 2.74. The van der Waals surface area contributed by atoms with Crippen LogP contribution in [0.25, 0.3) is 0 Å². The van der Waals surface area contributed by atoms with Crippen LogP contribution in [0.15, 0.2) is 59.5 Å². The van der Waals surface area contributed by atoms with Gasteiger partial charge in [-0.15, -0.1) is 0 Å². The van der Waals surface area contributed by atoms with Gasteiger partial charge in [-0.25, -0.2) is 16.8 Å². The molecule has 1 aliphatic rings. The highest BCUT2D eigenvalue weighted by Crippen LogP contribution is 2.26. The van der Waals surface area contributed by atoms with Gasteiger partial charge >= 0.3 is 0 Å². The molecule has 168 valence electrons. The SMILES string of the molecule is Cc1ccc(S(=O)(=O)N2CCN(C(=O)[C@@H](c3ccccc3)N(C)S(C)(=O)=O)CC2)cc1. The molecule has 1 atom stereocenters. The fraction of sp³-hybridized carbons (Fsp3) is 0.381. The van der Waals surface area contributed by atoms with Crippen LogP contribution in [-0.4, -0.2) is 75.7 Å². The lowest BCUT2D eigenvalue weighted by Crippen LogP contribution is -2.53. The summed E-state index contributed by atoms with van der Waals surface area (Å²) in [7, 11) is -5.90. The second-order valence-electron chi connectivity index (χ2n) is 7.63. The monoisotopic (exact) mass is 465 g/mol. The van der Waals surface area contributed by atoms with E-state index in [0.717, 1.165) is 16.1 Å². The second-order valence-corrected chi connectivity index (χ2v) is 11.6. The van der Waals surface area contributed by atoms with Gasteiger partial charge in [-0.05, 0) is 24.6 Å². The molecular weight excluding hydrogens is 438 g/mol. The summed E-state index contributed by atoms with van der Waals surface area (Å²) in [4.78, 5) is 15.1. The average molecular weight is 466 g/mol. The molecule has 0 spiro atoms. The molecule has 1 amide bonds. The van der Waals surface area contributed by atoms with Gasteiger partial charge in [0.2, 0.25) is 26.0 Å². The Bertz CT molecular complexity index is 1130. The van der Waals surface area contributed by atoms with Crippen molar-refractivity contribution in [2.45, 2.75) is 17.9 Å². The minimum Gasteiger partial charge on any atom is -0.338 e. The minimum absolute atomic E-state index is 0.145. The summed E-state index contributed by atoms with van der Waals surface area (Å²) in [6.07, 6.45) is 1.06. The summed E-state index contributed by atoms with van der Waals surface area (Å²) >= 11 is 0. The van der Waals surface area contributed by atoms with Crippen LogP contribution >= 0.6 is 0 Å². The third-order valence-electron chi connectivity index (χ3n) is 5.45. The smallest absolute Gasteiger partial charge is 0.245 e. The van der Waals surface area contributed by atoms with Crippen molar-refractivity contribution in [2.75, 3.05) is 39.5 Å². The van der Waals surface area contributed by atoms with Crippen molar-refractivity contribution in [1.82, 2.24) is 13.5 Å². The number of hydrogen-bond acceptors (Lipinski definition) is 5. The summed E-state index contributed by atoms with van der Waals surface area (Å²) in [5.41, 5.74) is 1.53. The summed E-state index contributed by atoms with van der Waals surface area (Å²) in [5, 5.41) is 0. The number of rotatable bonds is 6. The zero-order chi connectivity index (χ0) is 22.8. The Morgan fingerprint density at radius 3 is 1.97 bits per heavy atom. The Kier molecular flexibility index (Phi) is 6.85. The van der Waals surface area contributed by atoms with Gasteiger partial charge in [-0.1, -0.05) is 48.0 Å². The van der Waals surface area contributed by atoms with E-state index in [1.54, 1.807) is 54.6 Å². The van der Waals surface area contributed by atoms with Gasteiger partial charge in [-0.2, -0.15) is 8.61 Å². The van der Waals surface area contributed by atoms with Crippen LogP contribution in [0.1, 0.15) is 17.2 Å². The van der Waals surface area contributed by atoms with Gasteiger partial charge in [0, 0.05) is 33.2 Å². The van der Waals surface area contributed by atoms with E-state index in [4.69, 9.17) is 0 Å². The molecule has 2 aromatic rings. The summed E-state index contributed by atoms with van der Waals surface area (Å²) in [5.74, 6) is -0.369. The topological polar surface area (TPSA) is 95.1 Å². The molecule has 8 nitrogen and oxygen atoms in total. The Morgan fingerprint density at radius 2 is 1.45 bits per heavy atom. The molecule has 2 aromatic carbocycles. The van der Waals surface area contributed by atoms with E-state index in [9.17, 15) is 21.6 Å². The van der Waals surface area contributed by atoms with Crippen molar-refractivity contribution in [2.24, 2.45) is 0 Å². The maximum atomic E-state index is 13.3. The molecule has 0 unspecified atom stereocenters. The van der Waals surface area contributed by atoms with Crippen molar-refractivity contribution in [1.29, 1.82) is 0 Å². The van der Waals surface area contributed by atoms with E-state index < -0.39 is 26.1 Å². The number of amides is 1. The number of aryl methyl sites for hydroxylation is 1. The van der Waals surface area contributed by atoms with E-state index in [1.807, 2.05) is 6.92 Å². The minimum atomic E-state index is -3.65. The van der Waals surface area contributed by atoms with Crippen molar-refractivity contribution < 1.29 is 21.6 Å². The lowest BCUT2D eigenvalue weighted by atomic mass is 10.1. The fourth-order valence-corrected chi connectivity index (χ4v) is 5.53. The first kappa shape index (κ1) is 23.4. The first-order chi connectivity index (χ1) is 14.5. The summed E-state index contributed by atoms with van der Waals surface area (Å²) in [6, 6.07) is 14.4. The number of carbonyl (C=O) groups excluding carboxylic acids is 1. The molecule has 10 heteroatoms. The van der Waals surface area contributed by atoms with Gasteiger partial charge < -0.3 is 4.90 Å². The van der Waals surface area contributed by atoms with Crippen molar-refractivity contribution >= 4 is 26.0 Å². The van der Waals surface area contributed by atoms with Crippen LogP contribution in [0.3, 0.4) is 0 Å². The highest BCUT2D eigenvalue weighted by Gasteiger charge is 2.37. The maximum absolute atomic E-state index is 13.3. The largest absolute Gasteiger partial charge is 0.338 e. The third-order valence-corrected chi connectivity index (χ3v) is 8.61. The Morgan fingerprint density at radius 1 is 0.903 bits per heavy atom. The molecule has 1 aliphatic heterocycles. The Labute approximate surface area is 184 Å². The molecule has 0 bridgehead atoms. The van der Waals surface area contributed by atoms with Gasteiger partial charge in [-0.3, -0.25) is 4.79 Å². The number of sulfonamides is 2. The molecule has 0 saturated carbocycles. The highest BCUT2D eigenvalue weighted by atomic mass is 32.2. The Balaban J connectivity index is 1.78. The molecule has 0 aromatic heterocycles. The van der Waals surface area contributed by atoms with Crippen molar-refractivity contribution in [3.63, 3.8) is 0 Å². The van der Waals surface area contributed by atoms with Crippen molar-refractivity contribution in [3.8, 4) is 0 Å². The zero-order valence-electron chi connectivity index (χ0n) is 17.8. The van der Waals surface area contributed by atoms with E-state index in [0.29, 0.717) is 5.56 Å². The molecule has 0 N–H and O–H groups in total. The van der Waals surface area contributed by atoms with Crippen LogP contribution in [0, 0.1) is 6.92 Å². The normalized spacial score (nSPS) is 17.0. The van der Waals surface area contributed by atoms with Crippen LogP contribution in [-0.2, 0) is 24.8 Å². The van der Waals surface area contributed by atoms with Gasteiger partial charge in [0.1, 0.15) is 6.04 Å². The zero-order valence-corrected chi connectivity index (χ0v) is 19.4. The van der Waals surface area contributed by atoms with E-state index in [-0.39, 0.29) is 37.0 Å². The molecule has 0 radical (unpaired) electrons. The summed E-state index contributed by atoms with van der Waals surface area (Å²) < 4.78 is 52.6. The first-order valence-electron chi connectivity index (χ1n) is 9.85. The molecule has 1 heterocycles. The lowest BCUT2D eigenvalue weighted by Gasteiger charge is -2.37. The van der Waals surface area contributed by atoms with Crippen LogP contribution < -0.4 is 0 Å². The molecule has 3 rings (SSSR count). The van der Waals surface area contributed by atoms with E-state index in [2.05, 4.69) is 0 Å². The standard InChI is InChI=1S/C21H27N3O5S2/c1-17-9-11-19(12-10-17)31(28,29)24-15-13-23(14-16-24)21(25)20(22(2)30(3,26)27)18-7-5-4-6-8-18/h4-12,20H,13-16H2,1-3H3/t20-/m1/s1. The number of nitrogens with zero attached hydrogens (tertiary/aromatic N) is 3. The number of benzene rings is 2. The van der Waals surface area contributed by atoms with Gasteiger partial charge in [0.05, 0.1) is 11.2 Å². The van der Waals surface area contributed by atoms with Gasteiger partial charge in [0.15, 0.2) is 0 Å². The predicted molar refractivity (Wildman–Crippen MR) is 118 cm³/mol. The number of carbonyl (C=O) groups is 1. The molecule has 1 saturated heterocycles. The highest BCUT2D eigenvalue weighted by molar-refractivity contribution is 7.89. The quantitative estimate of drug-likeness (QED) is 0.644. The second kappa shape index (κ2) is 9.07. The molecular formula is C21H27N3O5S2. The molecule has 0 aliphatic carbocycles. The van der Waals surface area contributed by atoms with Crippen molar-refractivity contribution in [3.05, 3.63) is 65.7 Å². The fourth-order valence-electron chi connectivity index (χ4n) is 3.52. The van der Waals surface area contributed by atoms with E-state index >= 15 is 0 Å². The van der Waals surface area contributed by atoms with Gasteiger partial charge in [0.25, 0.3) is 0 Å². The predicted octanol–water partition coefficient (Wildman–Crippen LogP) is 1.46. The lowest BCUT2D eigenvalue weighted by molar-refractivity contribution is -0.136. The van der Waals surface area contributed by atoms with Crippen LogP contribution in [0.4, 0.5) is 0 Å². The summed E-state index contributed by atoms with van der Waals surface area (Å²) in [6.45, 7) is 2.55. The Hall–Kier alpha value is -2.27. The maximum Gasteiger partial charge on any atom is 0.245 e. The molecule has 1 fully saturated rings. The molecule has 31 heavy (non-hydrogen) atoms. The first-order valence-corrected chi connectivity index (χ1v) is 13.1. The number of likely N-dealkylation sites (N-methyl/N-ethyl adjacent to an activating group) is 1. The number of hydrogen-bond donors (Lipinski definition) is 0. The third kappa shape index (κ3) is 5.15. The number of piperazine rings is 1.